The lowest BCUT2D eigenvalue weighted by Crippen LogP contribution is -2.27. The second-order valence-corrected chi connectivity index (χ2v) is 7.98. The van der Waals surface area contributed by atoms with Crippen LogP contribution in [0.3, 0.4) is 0 Å². The molecule has 0 saturated heterocycles. The van der Waals surface area contributed by atoms with Crippen molar-refractivity contribution < 1.29 is 17.9 Å². The van der Waals surface area contributed by atoms with Gasteiger partial charge in [-0.2, -0.15) is 0 Å². The molecule has 3 rings (SSSR count). The van der Waals surface area contributed by atoms with Crippen LogP contribution in [0.15, 0.2) is 59.5 Å². The smallest absolute Gasteiger partial charge is 0.182 e. The van der Waals surface area contributed by atoms with Crippen molar-refractivity contribution in [3.63, 3.8) is 0 Å². The van der Waals surface area contributed by atoms with Crippen LogP contribution >= 0.6 is 0 Å². The van der Waals surface area contributed by atoms with Crippen LogP contribution in [0, 0.1) is 11.2 Å². The Morgan fingerprint density at radius 2 is 1.83 bits per heavy atom. The molecule has 1 fully saturated rings. The molecule has 0 amide bonds. The van der Waals surface area contributed by atoms with Crippen LogP contribution < -0.4 is 5.73 Å². The van der Waals surface area contributed by atoms with Gasteiger partial charge in [0.25, 0.3) is 0 Å². The topological polar surface area (TPSA) is 80.4 Å². The molecule has 0 aromatic heterocycles. The third-order valence-corrected chi connectivity index (χ3v) is 7.01. The van der Waals surface area contributed by atoms with Gasteiger partial charge < -0.3 is 10.8 Å². The molecule has 0 bridgehead atoms. The summed E-state index contributed by atoms with van der Waals surface area (Å²) < 4.78 is 39.4. The van der Waals surface area contributed by atoms with E-state index in [1.165, 1.54) is 30.3 Å². The number of hydrogen-bond acceptors (Lipinski definition) is 4. The summed E-state index contributed by atoms with van der Waals surface area (Å²) in [4.78, 5) is 0.190. The van der Waals surface area contributed by atoms with Gasteiger partial charge in [0.05, 0.1) is 16.8 Å². The van der Waals surface area contributed by atoms with Crippen LogP contribution in [0.5, 0.6) is 0 Å². The van der Waals surface area contributed by atoms with Gasteiger partial charge in [-0.15, -0.1) is 0 Å². The molecule has 4 nitrogen and oxygen atoms in total. The van der Waals surface area contributed by atoms with E-state index in [1.54, 1.807) is 24.3 Å². The van der Waals surface area contributed by atoms with Gasteiger partial charge in [0, 0.05) is 17.9 Å². The van der Waals surface area contributed by atoms with Gasteiger partial charge in [-0.25, -0.2) is 12.8 Å². The molecule has 2 aromatic rings. The van der Waals surface area contributed by atoms with Gasteiger partial charge in [-0.05, 0) is 29.8 Å². The Hall–Kier alpha value is -1.76. The Morgan fingerprint density at radius 3 is 2.39 bits per heavy atom. The van der Waals surface area contributed by atoms with E-state index in [1.807, 2.05) is 0 Å². The van der Waals surface area contributed by atoms with Crippen LogP contribution in [0.25, 0.3) is 0 Å². The zero-order valence-electron chi connectivity index (χ0n) is 12.4. The third kappa shape index (κ3) is 2.47. The summed E-state index contributed by atoms with van der Waals surface area (Å²) in [7, 11) is -3.67. The van der Waals surface area contributed by atoms with Gasteiger partial charge in [-0.1, -0.05) is 30.3 Å². The first-order valence-electron chi connectivity index (χ1n) is 7.33. The zero-order chi connectivity index (χ0) is 16.7. The van der Waals surface area contributed by atoms with E-state index in [4.69, 9.17) is 5.73 Å². The number of sulfone groups is 1. The van der Waals surface area contributed by atoms with Crippen molar-refractivity contribution in [3.05, 3.63) is 66.0 Å². The summed E-state index contributed by atoms with van der Waals surface area (Å²) in [6.45, 7) is -0.344. The molecular weight excluding hydrogens is 317 g/mol. The molecule has 3 atom stereocenters. The largest absolute Gasteiger partial charge is 0.396 e. The van der Waals surface area contributed by atoms with Crippen LogP contribution in [0.1, 0.15) is 11.5 Å². The first kappa shape index (κ1) is 16.1. The number of rotatable bonds is 5. The molecule has 122 valence electrons. The van der Waals surface area contributed by atoms with Crippen LogP contribution in [0.4, 0.5) is 4.39 Å². The minimum absolute atomic E-state index is 0.0153. The predicted molar refractivity (Wildman–Crippen MR) is 85.1 cm³/mol. The summed E-state index contributed by atoms with van der Waals surface area (Å²) >= 11 is 0. The van der Waals surface area contributed by atoms with Crippen molar-refractivity contribution in [3.8, 4) is 0 Å². The molecule has 0 heterocycles. The number of hydrogen-bond donors (Lipinski definition) is 2. The molecule has 0 unspecified atom stereocenters. The SMILES string of the molecule is NC[C@@]1(CO)[C@@H](c2cccc(F)c2)[C@@H]1S(=O)(=O)c1ccccc1. The Morgan fingerprint density at radius 1 is 1.13 bits per heavy atom. The maximum absolute atomic E-state index is 13.5. The lowest BCUT2D eigenvalue weighted by atomic mass is 10.00. The summed E-state index contributed by atoms with van der Waals surface area (Å²) in [5, 5.41) is 8.95. The van der Waals surface area contributed by atoms with Crippen molar-refractivity contribution in [2.24, 2.45) is 11.1 Å². The highest BCUT2D eigenvalue weighted by Crippen LogP contribution is 2.63. The minimum Gasteiger partial charge on any atom is -0.396 e. The summed E-state index contributed by atoms with van der Waals surface area (Å²) in [6, 6.07) is 13.9. The van der Waals surface area contributed by atoms with Gasteiger partial charge in [0.1, 0.15) is 5.82 Å². The molecule has 1 aliphatic carbocycles. The van der Waals surface area contributed by atoms with E-state index in [2.05, 4.69) is 0 Å². The van der Waals surface area contributed by atoms with Crippen molar-refractivity contribution in [2.45, 2.75) is 16.1 Å². The average molecular weight is 335 g/mol. The van der Waals surface area contributed by atoms with E-state index < -0.39 is 32.2 Å². The quantitative estimate of drug-likeness (QED) is 0.871. The fourth-order valence-corrected chi connectivity index (χ4v) is 5.87. The second kappa shape index (κ2) is 5.70. The van der Waals surface area contributed by atoms with E-state index in [9.17, 15) is 17.9 Å². The van der Waals surface area contributed by atoms with Gasteiger partial charge >= 0.3 is 0 Å². The third-order valence-electron chi connectivity index (χ3n) is 4.67. The number of benzene rings is 2. The molecule has 2 aromatic carbocycles. The molecule has 1 aliphatic rings. The maximum atomic E-state index is 13.5. The van der Waals surface area contributed by atoms with Gasteiger partial charge in [0.2, 0.25) is 0 Å². The van der Waals surface area contributed by atoms with Crippen LogP contribution in [-0.4, -0.2) is 31.9 Å². The second-order valence-electron chi connectivity index (χ2n) is 5.91. The monoisotopic (exact) mass is 335 g/mol. The summed E-state index contributed by atoms with van der Waals surface area (Å²) in [6.07, 6.45) is 0. The van der Waals surface area contributed by atoms with Crippen LogP contribution in [0.2, 0.25) is 0 Å². The standard InChI is InChI=1S/C17H18FNO3S/c18-13-6-4-5-12(9-13)15-16(17(15,10-19)11-20)23(21,22)14-7-2-1-3-8-14/h1-9,15-16,20H,10-11,19H2/t15-,16-,17+/m0/s1. The lowest BCUT2D eigenvalue weighted by molar-refractivity contribution is 0.212. The van der Waals surface area contributed by atoms with E-state index in [0.717, 1.165) is 0 Å². The maximum Gasteiger partial charge on any atom is 0.182 e. The van der Waals surface area contributed by atoms with E-state index in [0.29, 0.717) is 5.56 Å². The molecular formula is C17H18FNO3S. The van der Waals surface area contributed by atoms with Crippen LogP contribution in [-0.2, 0) is 9.84 Å². The van der Waals surface area contributed by atoms with E-state index >= 15 is 0 Å². The van der Waals surface area contributed by atoms with Gasteiger partial charge in [-0.3, -0.25) is 0 Å². The summed E-state index contributed by atoms with van der Waals surface area (Å²) in [5.74, 6) is -0.951. The van der Waals surface area contributed by atoms with Gasteiger partial charge in [0.15, 0.2) is 9.84 Å². The number of nitrogens with two attached hydrogens (primary N) is 1. The number of aliphatic hydroxyl groups is 1. The zero-order valence-corrected chi connectivity index (χ0v) is 13.2. The molecule has 6 heteroatoms. The highest BCUT2D eigenvalue weighted by atomic mass is 32.2. The molecule has 3 N–H and O–H groups in total. The normalized spacial score (nSPS) is 26.9. The molecule has 0 aliphatic heterocycles. The fraction of sp³-hybridized carbons (Fsp3) is 0.294. The lowest BCUT2D eigenvalue weighted by Gasteiger charge is -2.12. The predicted octanol–water partition coefficient (Wildman–Crippen LogP) is 1.70. The van der Waals surface area contributed by atoms with E-state index in [-0.39, 0.29) is 18.0 Å². The Labute approximate surface area is 134 Å². The first-order chi connectivity index (χ1) is 11.0. The average Bonchev–Trinajstić information content (AvgIpc) is 3.26. The van der Waals surface area contributed by atoms with Crippen molar-refractivity contribution in [1.82, 2.24) is 0 Å². The highest BCUT2D eigenvalue weighted by Gasteiger charge is 2.70. The molecule has 1 saturated carbocycles. The van der Waals surface area contributed by atoms with Crippen molar-refractivity contribution >= 4 is 9.84 Å². The molecule has 0 radical (unpaired) electrons. The Bertz CT molecular complexity index is 804. The Balaban J connectivity index is 2.07. The molecule has 0 spiro atoms. The Kier molecular flexibility index (Phi) is 4.00. The van der Waals surface area contributed by atoms with Crippen molar-refractivity contribution in [1.29, 1.82) is 0 Å². The summed E-state index contributed by atoms with van der Waals surface area (Å²) in [5.41, 5.74) is 5.37. The highest BCUT2D eigenvalue weighted by molar-refractivity contribution is 7.92. The molecule has 23 heavy (non-hydrogen) atoms. The minimum atomic E-state index is -3.67. The number of halogens is 1. The first-order valence-corrected chi connectivity index (χ1v) is 8.87. The number of aliphatic hydroxyl groups excluding tert-OH is 1. The van der Waals surface area contributed by atoms with Crippen molar-refractivity contribution in [2.75, 3.05) is 13.2 Å². The fourth-order valence-electron chi connectivity index (χ4n) is 3.40.